The topological polar surface area (TPSA) is 25.8 Å². The van der Waals surface area contributed by atoms with Crippen molar-refractivity contribution in [2.75, 3.05) is 0 Å². The van der Waals surface area contributed by atoms with Crippen LogP contribution in [-0.4, -0.2) is 17.2 Å². The van der Waals surface area contributed by atoms with Gasteiger partial charge in [0.1, 0.15) is 0 Å². The van der Waals surface area contributed by atoms with Gasteiger partial charge in [-0.3, -0.25) is 9.97 Å². The third-order valence-corrected chi connectivity index (χ3v) is 1.13. The Morgan fingerprint density at radius 1 is 0.556 bits per heavy atom. The van der Waals surface area contributed by atoms with E-state index in [-0.39, 0.29) is 24.0 Å². The first-order chi connectivity index (χ1) is 8.00. The van der Waals surface area contributed by atoms with Crippen LogP contribution in [0.4, 0.5) is 17.3 Å². The molecule has 0 fully saturated rings. The molecule has 0 atom stereocenters. The Hall–Kier alpha value is -1.19. The molecule has 0 aliphatic heterocycles. The van der Waals surface area contributed by atoms with Crippen LogP contribution in [0.1, 0.15) is 0 Å². The average molecular weight is 372 g/mol. The molecule has 2 aromatic heterocycles. The zero-order valence-corrected chi connectivity index (χ0v) is 11.3. The van der Waals surface area contributed by atoms with Gasteiger partial charge in [0.25, 0.3) is 0 Å². The predicted octanol–water partition coefficient (Wildman–Crippen LogP) is 4.35. The Morgan fingerprint density at radius 2 is 0.778 bits per heavy atom. The smallest absolute Gasteiger partial charge is 0.418 e. The number of rotatable bonds is 0. The van der Waals surface area contributed by atoms with E-state index in [0.29, 0.717) is 0 Å². The summed E-state index contributed by atoms with van der Waals surface area (Å²) in [4.78, 5) is 7.57. The molecule has 0 spiro atoms. The van der Waals surface area contributed by atoms with E-state index in [9.17, 15) is 17.3 Å². The molecule has 0 aromatic carbocycles. The summed E-state index contributed by atoms with van der Waals surface area (Å²) in [5.74, 6) is 0. The fourth-order valence-electron chi connectivity index (χ4n) is 0.625. The maximum atomic E-state index is 9.75. The minimum Gasteiger partial charge on any atom is -0.418 e. The van der Waals surface area contributed by atoms with Crippen molar-refractivity contribution in [3.8, 4) is 0 Å². The molecule has 0 bridgehead atoms. The largest absolute Gasteiger partial charge is 0.673 e. The van der Waals surface area contributed by atoms with Gasteiger partial charge < -0.3 is 17.3 Å². The molecule has 2 nitrogen and oxygen atoms in total. The summed E-state index contributed by atoms with van der Waals surface area (Å²) in [6.45, 7) is 0. The summed E-state index contributed by atoms with van der Waals surface area (Å²) in [5, 5.41) is 0. The molecule has 0 aliphatic rings. The number of hydrogen-bond acceptors (Lipinski definition) is 2. The monoisotopic (exact) mass is 372 g/mol. The molecule has 0 saturated heterocycles. The summed E-state index contributed by atoms with van der Waals surface area (Å²) in [6, 6.07) is 11.4. The minimum atomic E-state index is -6.00. The predicted molar refractivity (Wildman–Crippen MR) is 72.7 cm³/mol. The van der Waals surface area contributed by atoms with Crippen molar-refractivity contribution in [2.45, 2.75) is 0 Å². The fourth-order valence-corrected chi connectivity index (χ4v) is 0.625. The van der Waals surface area contributed by atoms with Gasteiger partial charge >= 0.3 is 7.25 Å². The van der Waals surface area contributed by atoms with Crippen LogP contribution in [0.5, 0.6) is 0 Å². The average Bonchev–Trinajstić information content (AvgIpc) is 2.32. The lowest BCUT2D eigenvalue weighted by Gasteiger charge is -1.94. The van der Waals surface area contributed by atoms with Crippen LogP contribution >= 0.6 is 24.0 Å². The van der Waals surface area contributed by atoms with E-state index < -0.39 is 7.25 Å². The van der Waals surface area contributed by atoms with Gasteiger partial charge in [-0.2, -0.15) is 0 Å². The van der Waals surface area contributed by atoms with Crippen LogP contribution in [0.3, 0.4) is 0 Å². The molecule has 8 heteroatoms. The van der Waals surface area contributed by atoms with Crippen molar-refractivity contribution in [1.29, 1.82) is 0 Å². The second kappa shape index (κ2) is 12.3. The Labute approximate surface area is 120 Å². The molecule has 0 N–H and O–H groups in total. The van der Waals surface area contributed by atoms with Crippen LogP contribution in [0.25, 0.3) is 0 Å². The van der Waals surface area contributed by atoms with Crippen molar-refractivity contribution in [3.05, 3.63) is 61.2 Å². The van der Waals surface area contributed by atoms with Crippen LogP contribution in [0.2, 0.25) is 0 Å². The summed E-state index contributed by atoms with van der Waals surface area (Å²) in [7, 11) is -6.00. The number of aromatic nitrogens is 2. The van der Waals surface area contributed by atoms with Gasteiger partial charge in [-0.15, -0.1) is 0 Å². The van der Waals surface area contributed by atoms with Crippen LogP contribution in [0, 0.1) is 0 Å². The zero-order valence-electron chi connectivity index (χ0n) is 9.14. The van der Waals surface area contributed by atoms with E-state index in [4.69, 9.17) is 0 Å². The van der Waals surface area contributed by atoms with Crippen molar-refractivity contribution in [1.82, 2.24) is 9.97 Å². The van der Waals surface area contributed by atoms with Crippen molar-refractivity contribution < 1.29 is 17.3 Å². The molecule has 2 aromatic rings. The van der Waals surface area contributed by atoms with Crippen molar-refractivity contribution >= 4 is 31.2 Å². The lowest BCUT2D eigenvalue weighted by atomic mass is 10.3. The minimum absolute atomic E-state index is 0. The van der Waals surface area contributed by atoms with Gasteiger partial charge in [0.2, 0.25) is 0 Å². The van der Waals surface area contributed by atoms with E-state index >= 15 is 0 Å². The second-order valence-electron chi connectivity index (χ2n) is 2.54. The SMILES string of the molecule is F[B-](F)(F)F.[I].c1ccncc1.c1ccncc1. The van der Waals surface area contributed by atoms with Gasteiger partial charge in [-0.05, 0) is 24.3 Å². The number of nitrogens with zero attached hydrogens (tertiary/aromatic N) is 2. The lowest BCUT2D eigenvalue weighted by Crippen LogP contribution is -2.02. The molecule has 2 heterocycles. The summed E-state index contributed by atoms with van der Waals surface area (Å²) < 4.78 is 39.0. The number of pyridine rings is 2. The standard InChI is InChI=1S/2C5H5N.BF4.I/c2*1-2-4-6-5-3-1;2-1(3,4)5;/h2*1-5H;;/q;;-1;. The van der Waals surface area contributed by atoms with Crippen LogP contribution in [0.15, 0.2) is 61.2 Å². The zero-order chi connectivity index (χ0) is 13.0. The highest BCUT2D eigenvalue weighted by molar-refractivity contribution is 14.0. The Kier molecular flexibility index (Phi) is 13.1. The highest BCUT2D eigenvalue weighted by atomic mass is 127. The maximum absolute atomic E-state index is 9.75. The molecular weight excluding hydrogens is 362 g/mol. The highest BCUT2D eigenvalue weighted by Crippen LogP contribution is 2.06. The molecule has 0 saturated carbocycles. The van der Waals surface area contributed by atoms with Crippen LogP contribution in [-0.2, 0) is 0 Å². The maximum Gasteiger partial charge on any atom is 0.673 e. The highest BCUT2D eigenvalue weighted by Gasteiger charge is 2.20. The molecule has 2 rings (SSSR count). The molecule has 0 unspecified atom stereocenters. The van der Waals surface area contributed by atoms with Crippen molar-refractivity contribution in [2.24, 2.45) is 0 Å². The third kappa shape index (κ3) is 24.2. The molecule has 18 heavy (non-hydrogen) atoms. The molecule has 0 aliphatic carbocycles. The van der Waals surface area contributed by atoms with E-state index in [1.807, 2.05) is 36.4 Å². The number of halogens is 5. The Morgan fingerprint density at radius 3 is 0.833 bits per heavy atom. The molecule has 1 radical (unpaired) electrons. The molecular formula is C10H10BF4IN2-. The van der Waals surface area contributed by atoms with Gasteiger partial charge in [-0.25, -0.2) is 0 Å². The Balaban J connectivity index is 0. The van der Waals surface area contributed by atoms with E-state index in [1.165, 1.54) is 0 Å². The van der Waals surface area contributed by atoms with Gasteiger partial charge in [0.15, 0.2) is 0 Å². The first-order valence-corrected chi connectivity index (χ1v) is 4.57. The van der Waals surface area contributed by atoms with E-state index in [1.54, 1.807) is 24.8 Å². The van der Waals surface area contributed by atoms with Gasteiger partial charge in [0, 0.05) is 48.8 Å². The van der Waals surface area contributed by atoms with Gasteiger partial charge in [0.05, 0.1) is 0 Å². The lowest BCUT2D eigenvalue weighted by molar-refractivity contribution is 0.368. The molecule has 0 amide bonds. The van der Waals surface area contributed by atoms with E-state index in [0.717, 1.165) is 0 Å². The Bertz CT molecular complexity index is 270. The first kappa shape index (κ1) is 19.2. The van der Waals surface area contributed by atoms with E-state index in [2.05, 4.69) is 9.97 Å². The number of hydrogen-bond donors (Lipinski definition) is 0. The summed E-state index contributed by atoms with van der Waals surface area (Å²) in [5.41, 5.74) is 0. The summed E-state index contributed by atoms with van der Waals surface area (Å²) in [6.07, 6.45) is 7.00. The van der Waals surface area contributed by atoms with Crippen LogP contribution < -0.4 is 0 Å². The third-order valence-electron chi connectivity index (χ3n) is 1.13. The fraction of sp³-hybridized carbons (Fsp3) is 0. The second-order valence-corrected chi connectivity index (χ2v) is 2.54. The molecule has 99 valence electrons. The summed E-state index contributed by atoms with van der Waals surface area (Å²) >= 11 is 0. The van der Waals surface area contributed by atoms with Crippen molar-refractivity contribution in [3.63, 3.8) is 0 Å². The first-order valence-electron chi connectivity index (χ1n) is 4.57. The van der Waals surface area contributed by atoms with Gasteiger partial charge in [-0.1, -0.05) is 12.1 Å². The quantitative estimate of drug-likeness (QED) is 0.391. The normalized spacial score (nSPS) is 8.67.